The number of esters is 1. The van der Waals surface area contributed by atoms with Crippen LogP contribution in [-0.2, 0) is 16.6 Å². The van der Waals surface area contributed by atoms with Crippen LogP contribution in [0, 0.1) is 0 Å². The molecule has 0 bridgehead atoms. The Kier molecular flexibility index (Phi) is 4.82. The lowest BCUT2D eigenvalue weighted by atomic mass is 10.1. The van der Waals surface area contributed by atoms with Gasteiger partial charge in [0.2, 0.25) is 0 Å². The van der Waals surface area contributed by atoms with Gasteiger partial charge in [-0.1, -0.05) is 0 Å². The lowest BCUT2D eigenvalue weighted by Gasteiger charge is -2.34. The molecule has 6 nitrogen and oxygen atoms in total. The Morgan fingerprint density at radius 1 is 1.55 bits per heavy atom. The van der Waals surface area contributed by atoms with Crippen LogP contribution in [0.4, 0.5) is 0 Å². The number of carbonyl (C=O) groups excluding carboxylic acids is 2. The number of hydrogen-bond acceptors (Lipinski definition) is 4. The van der Waals surface area contributed by atoms with E-state index in [1.165, 1.54) is 0 Å². The number of rotatable bonds is 3. The van der Waals surface area contributed by atoms with Gasteiger partial charge in [0.15, 0.2) is 0 Å². The van der Waals surface area contributed by atoms with Crippen LogP contribution in [0.3, 0.4) is 0 Å². The zero-order chi connectivity index (χ0) is 14.7. The van der Waals surface area contributed by atoms with Gasteiger partial charge in [0, 0.05) is 37.4 Å². The topological polar surface area (TPSA) is 63.6 Å². The van der Waals surface area contributed by atoms with Gasteiger partial charge >= 0.3 is 5.97 Å². The monoisotopic (exact) mass is 343 g/mol. The number of ether oxygens (including phenoxy) is 1. The Hall–Kier alpha value is -1.34. The van der Waals surface area contributed by atoms with Crippen LogP contribution in [0.1, 0.15) is 17.4 Å². The lowest BCUT2D eigenvalue weighted by Crippen LogP contribution is -2.57. The predicted octanol–water partition coefficient (Wildman–Crippen LogP) is 0.765. The highest BCUT2D eigenvalue weighted by atomic mass is 79.9. The Labute approximate surface area is 126 Å². The van der Waals surface area contributed by atoms with Gasteiger partial charge in [-0.2, -0.15) is 0 Å². The van der Waals surface area contributed by atoms with Crippen molar-refractivity contribution in [2.75, 3.05) is 26.2 Å². The minimum Gasteiger partial charge on any atom is -0.464 e. The molecule has 7 heteroatoms. The molecule has 1 unspecified atom stereocenters. The number of nitrogens with zero attached hydrogens (tertiary/aromatic N) is 2. The summed E-state index contributed by atoms with van der Waals surface area (Å²) in [4.78, 5) is 26.1. The van der Waals surface area contributed by atoms with Crippen molar-refractivity contribution in [3.8, 4) is 0 Å². The smallest absolute Gasteiger partial charge is 0.330 e. The molecule has 1 N–H and O–H groups in total. The summed E-state index contributed by atoms with van der Waals surface area (Å²) in [5.74, 6) is -0.515. The number of nitrogens with one attached hydrogen (secondary N) is 1. The summed E-state index contributed by atoms with van der Waals surface area (Å²) in [5.41, 5.74) is 0.549. The summed E-state index contributed by atoms with van der Waals surface area (Å²) >= 11 is 3.35. The Balaban J connectivity index is 2.21. The van der Waals surface area contributed by atoms with Gasteiger partial charge < -0.3 is 19.5 Å². The fourth-order valence-electron chi connectivity index (χ4n) is 2.28. The van der Waals surface area contributed by atoms with Gasteiger partial charge in [0.25, 0.3) is 5.91 Å². The molecule has 0 aliphatic carbocycles. The summed E-state index contributed by atoms with van der Waals surface area (Å²) in [5, 5.41) is 3.12. The highest BCUT2D eigenvalue weighted by molar-refractivity contribution is 9.10. The summed E-state index contributed by atoms with van der Waals surface area (Å²) in [6, 6.07) is 1.19. The van der Waals surface area contributed by atoms with Crippen molar-refractivity contribution in [1.82, 2.24) is 14.8 Å². The first kappa shape index (κ1) is 15.1. The summed E-state index contributed by atoms with van der Waals surface area (Å²) in [7, 11) is 1.81. The molecular formula is C13H18BrN3O3. The summed E-state index contributed by atoms with van der Waals surface area (Å²) in [6.07, 6.45) is 1.81. The van der Waals surface area contributed by atoms with Gasteiger partial charge in [0.05, 0.1) is 6.61 Å². The number of carbonyl (C=O) groups is 2. The molecule has 1 amide bonds. The van der Waals surface area contributed by atoms with Crippen molar-refractivity contribution in [1.29, 1.82) is 0 Å². The summed E-state index contributed by atoms with van der Waals surface area (Å²) < 4.78 is 7.63. The first-order valence-electron chi connectivity index (χ1n) is 6.54. The fourth-order valence-corrected chi connectivity index (χ4v) is 2.80. The van der Waals surface area contributed by atoms with Crippen molar-refractivity contribution in [2.45, 2.75) is 13.0 Å². The Bertz CT molecular complexity index is 515. The van der Waals surface area contributed by atoms with Gasteiger partial charge in [-0.25, -0.2) is 4.79 Å². The van der Waals surface area contributed by atoms with Crippen LogP contribution in [0.5, 0.6) is 0 Å². The molecule has 0 saturated carbocycles. The zero-order valence-electron chi connectivity index (χ0n) is 11.6. The molecule has 1 saturated heterocycles. The molecule has 1 aromatic heterocycles. The molecule has 0 radical (unpaired) electrons. The molecule has 2 rings (SSSR count). The maximum atomic E-state index is 12.6. The van der Waals surface area contributed by atoms with Crippen molar-refractivity contribution < 1.29 is 14.3 Å². The van der Waals surface area contributed by atoms with Crippen LogP contribution < -0.4 is 5.32 Å². The molecule has 1 aliphatic rings. The highest BCUT2D eigenvalue weighted by Crippen LogP contribution is 2.17. The van der Waals surface area contributed by atoms with E-state index in [0.717, 1.165) is 4.47 Å². The first-order valence-corrected chi connectivity index (χ1v) is 7.34. The summed E-state index contributed by atoms with van der Waals surface area (Å²) in [6.45, 7) is 3.66. The van der Waals surface area contributed by atoms with E-state index in [0.29, 0.717) is 31.9 Å². The second kappa shape index (κ2) is 6.41. The van der Waals surface area contributed by atoms with E-state index in [4.69, 9.17) is 4.74 Å². The second-order valence-electron chi connectivity index (χ2n) is 4.62. The van der Waals surface area contributed by atoms with Crippen LogP contribution >= 0.6 is 15.9 Å². The van der Waals surface area contributed by atoms with Gasteiger partial charge in [0.1, 0.15) is 11.7 Å². The van der Waals surface area contributed by atoms with E-state index in [2.05, 4.69) is 21.2 Å². The maximum Gasteiger partial charge on any atom is 0.330 e. The average Bonchev–Trinajstić information content (AvgIpc) is 2.77. The lowest BCUT2D eigenvalue weighted by molar-refractivity contribution is -0.149. The first-order chi connectivity index (χ1) is 9.54. The van der Waals surface area contributed by atoms with E-state index in [1.54, 1.807) is 29.5 Å². The highest BCUT2D eigenvalue weighted by Gasteiger charge is 2.34. The molecule has 1 aliphatic heterocycles. The minimum absolute atomic E-state index is 0.155. The van der Waals surface area contributed by atoms with Crippen LogP contribution in [-0.4, -0.2) is 53.6 Å². The third-order valence-corrected chi connectivity index (χ3v) is 3.69. The van der Waals surface area contributed by atoms with Gasteiger partial charge in [-0.15, -0.1) is 0 Å². The molecule has 20 heavy (non-hydrogen) atoms. The Morgan fingerprint density at radius 2 is 2.30 bits per heavy atom. The second-order valence-corrected chi connectivity index (χ2v) is 5.54. The zero-order valence-corrected chi connectivity index (χ0v) is 13.1. The van der Waals surface area contributed by atoms with Crippen LogP contribution in [0.2, 0.25) is 0 Å². The van der Waals surface area contributed by atoms with Crippen molar-refractivity contribution >= 4 is 27.8 Å². The van der Waals surface area contributed by atoms with Crippen molar-refractivity contribution in [2.24, 2.45) is 7.05 Å². The normalized spacial score (nSPS) is 18.9. The quantitative estimate of drug-likeness (QED) is 0.823. The van der Waals surface area contributed by atoms with Crippen LogP contribution in [0.15, 0.2) is 16.7 Å². The molecule has 1 aromatic rings. The molecule has 0 aromatic carbocycles. The van der Waals surface area contributed by atoms with Gasteiger partial charge in [-0.05, 0) is 28.9 Å². The Morgan fingerprint density at radius 3 is 2.90 bits per heavy atom. The maximum absolute atomic E-state index is 12.6. The molecule has 1 atom stereocenters. The van der Waals surface area contributed by atoms with E-state index in [9.17, 15) is 9.59 Å². The molecular weight excluding hydrogens is 326 g/mol. The predicted molar refractivity (Wildman–Crippen MR) is 77.4 cm³/mol. The number of hydrogen-bond donors (Lipinski definition) is 1. The number of halogens is 1. The molecule has 2 heterocycles. The van der Waals surface area contributed by atoms with Crippen molar-refractivity contribution in [3.05, 3.63) is 22.4 Å². The molecule has 0 spiro atoms. The van der Waals surface area contributed by atoms with E-state index in [-0.39, 0.29) is 11.9 Å². The SMILES string of the molecule is CCOC(=O)C1CNCCN1C(=O)c1cc(Br)cn1C. The fraction of sp³-hybridized carbons (Fsp3) is 0.538. The largest absolute Gasteiger partial charge is 0.464 e. The van der Waals surface area contributed by atoms with E-state index < -0.39 is 6.04 Å². The van der Waals surface area contributed by atoms with Crippen LogP contribution in [0.25, 0.3) is 0 Å². The van der Waals surface area contributed by atoms with Gasteiger partial charge in [-0.3, -0.25) is 4.79 Å². The number of aromatic nitrogens is 1. The third-order valence-electron chi connectivity index (χ3n) is 3.25. The van der Waals surface area contributed by atoms with E-state index in [1.807, 2.05) is 6.20 Å². The standard InChI is InChI=1S/C13H18BrN3O3/c1-3-20-13(19)11-7-15-4-5-17(11)12(18)10-6-9(14)8-16(10)2/h6,8,11,15H,3-5,7H2,1-2H3. The minimum atomic E-state index is -0.565. The van der Waals surface area contributed by atoms with E-state index >= 15 is 0 Å². The molecule has 1 fully saturated rings. The molecule has 110 valence electrons. The number of piperazine rings is 1. The average molecular weight is 344 g/mol. The number of amides is 1. The third kappa shape index (κ3) is 3.04. The van der Waals surface area contributed by atoms with Crippen molar-refractivity contribution in [3.63, 3.8) is 0 Å². The number of aryl methyl sites for hydroxylation is 1.